The Morgan fingerprint density at radius 1 is 1.20 bits per heavy atom. The van der Waals surface area contributed by atoms with Gasteiger partial charge in [0.2, 0.25) is 5.91 Å². The van der Waals surface area contributed by atoms with Crippen LogP contribution in [0.15, 0.2) is 48.5 Å². The van der Waals surface area contributed by atoms with E-state index >= 15 is 0 Å². The van der Waals surface area contributed by atoms with Gasteiger partial charge in [-0.15, -0.1) is 0 Å². The summed E-state index contributed by atoms with van der Waals surface area (Å²) in [7, 11) is 0. The van der Waals surface area contributed by atoms with Crippen LogP contribution in [-0.2, 0) is 17.6 Å². The van der Waals surface area contributed by atoms with Crippen molar-refractivity contribution in [3.05, 3.63) is 70.8 Å². The van der Waals surface area contributed by atoms with Crippen LogP contribution in [0, 0.1) is 6.92 Å². The number of amides is 2. The smallest absolute Gasteiger partial charge is 0.252 e. The molecule has 25 heavy (non-hydrogen) atoms. The van der Waals surface area contributed by atoms with Crippen LogP contribution >= 0.6 is 0 Å². The molecule has 4 rings (SSSR count). The van der Waals surface area contributed by atoms with Crippen molar-refractivity contribution >= 4 is 11.8 Å². The fourth-order valence-electron chi connectivity index (χ4n) is 3.64. The first kappa shape index (κ1) is 15.9. The molecular weight excluding hydrogens is 312 g/mol. The molecular formula is C21H22N2O2. The number of fused-ring (bicyclic) bond motifs is 1. The molecule has 1 saturated carbocycles. The fourth-order valence-corrected chi connectivity index (χ4v) is 3.64. The largest absolute Gasteiger partial charge is 0.349 e. The molecule has 2 aromatic rings. The lowest BCUT2D eigenvalue weighted by molar-refractivity contribution is -0.124. The van der Waals surface area contributed by atoms with Crippen molar-refractivity contribution in [3.8, 4) is 0 Å². The van der Waals surface area contributed by atoms with Gasteiger partial charge in [0.1, 0.15) is 6.04 Å². The van der Waals surface area contributed by atoms with E-state index in [9.17, 15) is 9.59 Å². The maximum atomic E-state index is 12.7. The lowest BCUT2D eigenvalue weighted by atomic mass is 9.94. The first-order valence-corrected chi connectivity index (χ1v) is 8.81. The summed E-state index contributed by atoms with van der Waals surface area (Å²) < 4.78 is 0. The minimum absolute atomic E-state index is 0.0759. The van der Waals surface area contributed by atoms with Gasteiger partial charge >= 0.3 is 0 Å². The summed E-state index contributed by atoms with van der Waals surface area (Å²) in [4.78, 5) is 25.0. The number of benzene rings is 2. The highest BCUT2D eigenvalue weighted by molar-refractivity contribution is 6.00. The zero-order valence-electron chi connectivity index (χ0n) is 14.3. The predicted octanol–water partition coefficient (Wildman–Crippen LogP) is 2.54. The van der Waals surface area contributed by atoms with E-state index in [1.807, 2.05) is 18.2 Å². The van der Waals surface area contributed by atoms with Gasteiger partial charge in [0.25, 0.3) is 5.91 Å². The van der Waals surface area contributed by atoms with E-state index in [0.717, 1.165) is 24.8 Å². The number of carbonyl (C=O) groups excluding carboxylic acids is 2. The summed E-state index contributed by atoms with van der Waals surface area (Å²) in [6, 6.07) is 15.4. The van der Waals surface area contributed by atoms with Crippen LogP contribution in [0.4, 0.5) is 0 Å². The summed E-state index contributed by atoms with van der Waals surface area (Å²) in [5.41, 5.74) is 3.95. The minimum Gasteiger partial charge on any atom is -0.349 e. The summed E-state index contributed by atoms with van der Waals surface area (Å²) in [5, 5.41) is 6.05. The fraction of sp³-hybridized carbons (Fsp3) is 0.333. The third-order valence-electron chi connectivity index (χ3n) is 5.17. The standard InChI is InChI=1S/C21H22N2O2/c1-14-5-4-6-15(11-14)13-21(9-10-21)23-20(25)18-12-16-7-2-3-8-17(16)19(24)22-18/h2-8,11,18H,9-10,12-13H2,1H3,(H,22,24)(H,23,25)/t18-/m1/s1. The highest BCUT2D eigenvalue weighted by atomic mass is 16.2. The maximum absolute atomic E-state index is 12.7. The topological polar surface area (TPSA) is 58.2 Å². The molecule has 2 N–H and O–H groups in total. The number of hydrogen-bond acceptors (Lipinski definition) is 2. The molecule has 4 heteroatoms. The minimum atomic E-state index is -0.489. The Balaban J connectivity index is 1.45. The summed E-state index contributed by atoms with van der Waals surface area (Å²) >= 11 is 0. The van der Waals surface area contributed by atoms with E-state index < -0.39 is 6.04 Å². The molecule has 1 fully saturated rings. The van der Waals surface area contributed by atoms with Crippen LogP contribution in [0.5, 0.6) is 0 Å². The van der Waals surface area contributed by atoms with Crippen LogP contribution in [0.3, 0.4) is 0 Å². The Labute approximate surface area is 147 Å². The highest BCUT2D eigenvalue weighted by Gasteiger charge is 2.45. The van der Waals surface area contributed by atoms with Crippen LogP contribution in [0.2, 0.25) is 0 Å². The average Bonchev–Trinajstić information content (AvgIpc) is 3.33. The van der Waals surface area contributed by atoms with Crippen LogP contribution in [0.25, 0.3) is 0 Å². The third kappa shape index (κ3) is 3.29. The predicted molar refractivity (Wildman–Crippen MR) is 96.4 cm³/mol. The maximum Gasteiger partial charge on any atom is 0.252 e. The van der Waals surface area contributed by atoms with Gasteiger partial charge in [-0.25, -0.2) is 0 Å². The van der Waals surface area contributed by atoms with Gasteiger partial charge in [-0.2, -0.15) is 0 Å². The molecule has 0 unspecified atom stereocenters. The monoisotopic (exact) mass is 334 g/mol. The molecule has 1 atom stereocenters. The van der Waals surface area contributed by atoms with Gasteiger partial charge in [-0.1, -0.05) is 48.0 Å². The molecule has 128 valence electrons. The number of nitrogens with one attached hydrogen (secondary N) is 2. The Bertz CT molecular complexity index is 839. The van der Waals surface area contributed by atoms with Crippen LogP contribution < -0.4 is 10.6 Å². The van der Waals surface area contributed by atoms with Gasteiger partial charge in [0.15, 0.2) is 0 Å². The second kappa shape index (κ2) is 6.03. The van der Waals surface area contributed by atoms with Crippen molar-refractivity contribution in [3.63, 3.8) is 0 Å². The molecule has 4 nitrogen and oxygen atoms in total. The molecule has 2 amide bonds. The molecule has 1 aliphatic heterocycles. The zero-order chi connectivity index (χ0) is 17.4. The molecule has 0 saturated heterocycles. The van der Waals surface area contributed by atoms with E-state index in [-0.39, 0.29) is 17.4 Å². The lowest BCUT2D eigenvalue weighted by Crippen LogP contribution is -2.54. The van der Waals surface area contributed by atoms with Crippen molar-refractivity contribution < 1.29 is 9.59 Å². The molecule has 2 aromatic carbocycles. The van der Waals surface area contributed by atoms with Crippen molar-refractivity contribution in [1.82, 2.24) is 10.6 Å². The molecule has 0 spiro atoms. The van der Waals surface area contributed by atoms with E-state index in [2.05, 4.69) is 41.8 Å². The lowest BCUT2D eigenvalue weighted by Gasteiger charge is -2.27. The summed E-state index contributed by atoms with van der Waals surface area (Å²) in [5.74, 6) is -0.237. The normalized spacial score (nSPS) is 20.4. The molecule has 1 heterocycles. The second-order valence-electron chi connectivity index (χ2n) is 7.32. The van der Waals surface area contributed by atoms with E-state index in [4.69, 9.17) is 0 Å². The van der Waals surface area contributed by atoms with Gasteiger partial charge < -0.3 is 10.6 Å². The third-order valence-corrected chi connectivity index (χ3v) is 5.17. The number of aryl methyl sites for hydroxylation is 1. The van der Waals surface area contributed by atoms with Crippen molar-refractivity contribution in [2.24, 2.45) is 0 Å². The molecule has 1 aliphatic carbocycles. The van der Waals surface area contributed by atoms with Gasteiger partial charge in [0, 0.05) is 17.5 Å². The average molecular weight is 334 g/mol. The number of hydrogen-bond donors (Lipinski definition) is 2. The Morgan fingerprint density at radius 2 is 2.00 bits per heavy atom. The Morgan fingerprint density at radius 3 is 2.76 bits per heavy atom. The van der Waals surface area contributed by atoms with Crippen molar-refractivity contribution in [2.45, 2.75) is 44.2 Å². The van der Waals surface area contributed by atoms with Crippen molar-refractivity contribution in [1.29, 1.82) is 0 Å². The van der Waals surface area contributed by atoms with Gasteiger partial charge in [-0.05, 0) is 43.4 Å². The van der Waals surface area contributed by atoms with Crippen LogP contribution in [-0.4, -0.2) is 23.4 Å². The molecule has 2 aliphatic rings. The molecule has 0 radical (unpaired) electrons. The summed E-state index contributed by atoms with van der Waals surface area (Å²) in [6.45, 7) is 2.08. The Hall–Kier alpha value is -2.62. The quantitative estimate of drug-likeness (QED) is 0.903. The van der Waals surface area contributed by atoms with Crippen LogP contribution in [0.1, 0.15) is 39.9 Å². The van der Waals surface area contributed by atoms with E-state index in [1.165, 1.54) is 11.1 Å². The number of carbonyl (C=O) groups is 2. The van der Waals surface area contributed by atoms with Gasteiger partial charge in [0.05, 0.1) is 0 Å². The van der Waals surface area contributed by atoms with E-state index in [0.29, 0.717) is 12.0 Å². The number of rotatable bonds is 4. The zero-order valence-corrected chi connectivity index (χ0v) is 14.3. The summed E-state index contributed by atoms with van der Waals surface area (Å²) in [6.07, 6.45) is 3.37. The van der Waals surface area contributed by atoms with Gasteiger partial charge in [-0.3, -0.25) is 9.59 Å². The SMILES string of the molecule is Cc1cccc(CC2(NC(=O)[C@H]3Cc4ccccc4C(=O)N3)CC2)c1. The first-order chi connectivity index (χ1) is 12.0. The highest BCUT2D eigenvalue weighted by Crippen LogP contribution is 2.39. The molecule has 0 aromatic heterocycles. The van der Waals surface area contributed by atoms with E-state index in [1.54, 1.807) is 6.07 Å². The second-order valence-corrected chi connectivity index (χ2v) is 7.32. The Kier molecular flexibility index (Phi) is 3.83. The molecule has 0 bridgehead atoms. The van der Waals surface area contributed by atoms with Crippen molar-refractivity contribution in [2.75, 3.05) is 0 Å². The first-order valence-electron chi connectivity index (χ1n) is 8.81.